The highest BCUT2D eigenvalue weighted by Gasteiger charge is 2.21. The summed E-state index contributed by atoms with van der Waals surface area (Å²) >= 11 is 0. The third kappa shape index (κ3) is 5.16. The van der Waals surface area contributed by atoms with Crippen LogP contribution in [0.15, 0.2) is 36.4 Å². The van der Waals surface area contributed by atoms with E-state index in [1.54, 1.807) is 33.5 Å². The summed E-state index contributed by atoms with van der Waals surface area (Å²) in [6.07, 6.45) is 0. The molecule has 0 unspecified atom stereocenters. The quantitative estimate of drug-likeness (QED) is 0.497. The van der Waals surface area contributed by atoms with Gasteiger partial charge in [0.05, 0.1) is 26.3 Å². The Morgan fingerprint density at radius 2 is 1.34 bits per heavy atom. The number of nitrogens with zero attached hydrogens (tertiary/aromatic N) is 3. The highest BCUT2D eigenvalue weighted by molar-refractivity contribution is 5.44. The van der Waals surface area contributed by atoms with E-state index in [-0.39, 0.29) is 10.6 Å². The molecule has 1 fully saturated rings. The van der Waals surface area contributed by atoms with E-state index in [0.717, 1.165) is 55.3 Å². The van der Waals surface area contributed by atoms with Crippen molar-refractivity contribution in [2.45, 2.75) is 13.1 Å². The summed E-state index contributed by atoms with van der Waals surface area (Å²) in [7, 11) is 4.92. The first kappa shape index (κ1) is 20.9. The second kappa shape index (κ2) is 9.58. The molecule has 0 saturated carbocycles. The second-order valence-electron chi connectivity index (χ2n) is 6.98. The smallest absolute Gasteiger partial charge is 0.270 e. The minimum absolute atomic E-state index is 0.0876. The fraction of sp³-hybridized carbons (Fsp3) is 0.429. The molecule has 0 aromatic heterocycles. The van der Waals surface area contributed by atoms with Gasteiger partial charge < -0.3 is 14.2 Å². The molecule has 1 aliphatic rings. The molecule has 0 spiro atoms. The van der Waals surface area contributed by atoms with Crippen LogP contribution in [0.2, 0.25) is 0 Å². The zero-order chi connectivity index (χ0) is 20.8. The molecule has 0 aliphatic carbocycles. The van der Waals surface area contributed by atoms with Gasteiger partial charge in [0.15, 0.2) is 0 Å². The minimum atomic E-state index is -0.373. The Labute approximate surface area is 170 Å². The summed E-state index contributed by atoms with van der Waals surface area (Å²) in [6.45, 7) is 4.96. The number of nitro benzene ring substituents is 1. The molecule has 2 aromatic rings. The standard InChI is InChI=1S/C21H27N3O5/c1-27-19-5-7-21(29-3)17(13-19)15-23-10-8-22(9-11-23)14-16-12-18(24(25)26)4-6-20(16)28-2/h4-7,12-13H,8-11,14-15H2,1-3H3. The Morgan fingerprint density at radius 3 is 1.83 bits per heavy atom. The zero-order valence-corrected chi connectivity index (χ0v) is 17.1. The molecule has 0 bridgehead atoms. The summed E-state index contributed by atoms with van der Waals surface area (Å²) < 4.78 is 16.2. The average molecular weight is 401 g/mol. The monoisotopic (exact) mass is 401 g/mol. The number of ether oxygens (including phenoxy) is 3. The van der Waals surface area contributed by atoms with Gasteiger partial charge in [0.1, 0.15) is 17.2 Å². The lowest BCUT2D eigenvalue weighted by Gasteiger charge is -2.35. The summed E-state index contributed by atoms with van der Waals surface area (Å²) in [4.78, 5) is 15.4. The largest absolute Gasteiger partial charge is 0.497 e. The number of nitro groups is 1. The number of hydrogen-bond donors (Lipinski definition) is 0. The fourth-order valence-electron chi connectivity index (χ4n) is 3.59. The second-order valence-corrected chi connectivity index (χ2v) is 6.98. The van der Waals surface area contributed by atoms with Crippen molar-refractivity contribution >= 4 is 5.69 Å². The SMILES string of the molecule is COc1ccc(OC)c(CN2CCN(Cc3cc([N+](=O)[O-])ccc3OC)CC2)c1. The Balaban J connectivity index is 1.62. The third-order valence-electron chi connectivity index (χ3n) is 5.22. The van der Waals surface area contributed by atoms with Crippen LogP contribution >= 0.6 is 0 Å². The molecule has 3 rings (SSSR count). The highest BCUT2D eigenvalue weighted by atomic mass is 16.6. The molecule has 2 aromatic carbocycles. The Morgan fingerprint density at radius 1 is 0.828 bits per heavy atom. The van der Waals surface area contributed by atoms with Crippen molar-refractivity contribution in [2.24, 2.45) is 0 Å². The number of piperazine rings is 1. The molecule has 1 aliphatic heterocycles. The number of hydrogen-bond acceptors (Lipinski definition) is 7. The lowest BCUT2D eigenvalue weighted by molar-refractivity contribution is -0.385. The Kier molecular flexibility index (Phi) is 6.90. The molecule has 8 nitrogen and oxygen atoms in total. The molecule has 29 heavy (non-hydrogen) atoms. The van der Waals surface area contributed by atoms with Crippen molar-refractivity contribution in [3.8, 4) is 17.2 Å². The van der Waals surface area contributed by atoms with Crippen molar-refractivity contribution in [2.75, 3.05) is 47.5 Å². The predicted octanol–water partition coefficient (Wildman–Crippen LogP) is 2.94. The average Bonchev–Trinajstić information content (AvgIpc) is 2.75. The lowest BCUT2D eigenvalue weighted by Crippen LogP contribution is -2.45. The number of methoxy groups -OCH3 is 3. The number of benzene rings is 2. The molecule has 0 N–H and O–H groups in total. The number of rotatable bonds is 8. The lowest BCUT2D eigenvalue weighted by atomic mass is 10.1. The molecule has 0 radical (unpaired) electrons. The molecule has 0 atom stereocenters. The molecule has 1 saturated heterocycles. The summed E-state index contributed by atoms with van der Waals surface area (Å²) in [5.74, 6) is 2.35. The maximum atomic E-state index is 11.1. The van der Waals surface area contributed by atoms with Crippen LogP contribution in [0.1, 0.15) is 11.1 Å². The van der Waals surface area contributed by atoms with Gasteiger partial charge in [-0.1, -0.05) is 0 Å². The Hall–Kier alpha value is -2.84. The maximum Gasteiger partial charge on any atom is 0.270 e. The van der Waals surface area contributed by atoms with Crippen LogP contribution in [0.25, 0.3) is 0 Å². The number of non-ortho nitro benzene ring substituents is 1. The van der Waals surface area contributed by atoms with Gasteiger partial charge in [0.2, 0.25) is 0 Å². The summed E-state index contributed by atoms with van der Waals surface area (Å²) in [5.41, 5.74) is 2.02. The van der Waals surface area contributed by atoms with Crippen LogP contribution in [0, 0.1) is 10.1 Å². The predicted molar refractivity (Wildman–Crippen MR) is 110 cm³/mol. The summed E-state index contributed by atoms with van der Waals surface area (Å²) in [6, 6.07) is 10.6. The van der Waals surface area contributed by atoms with E-state index < -0.39 is 0 Å². The fourth-order valence-corrected chi connectivity index (χ4v) is 3.59. The van der Waals surface area contributed by atoms with Crippen molar-refractivity contribution in [1.29, 1.82) is 0 Å². The van der Waals surface area contributed by atoms with Crippen molar-refractivity contribution in [3.63, 3.8) is 0 Å². The van der Waals surface area contributed by atoms with Gasteiger partial charge in [-0.2, -0.15) is 0 Å². The highest BCUT2D eigenvalue weighted by Crippen LogP contribution is 2.27. The first-order valence-electron chi connectivity index (χ1n) is 9.51. The van der Waals surface area contributed by atoms with Gasteiger partial charge in [-0.05, 0) is 24.3 Å². The van der Waals surface area contributed by atoms with Gasteiger partial charge in [-0.3, -0.25) is 19.9 Å². The maximum absolute atomic E-state index is 11.1. The first-order valence-corrected chi connectivity index (χ1v) is 9.51. The van der Waals surface area contributed by atoms with Gasteiger partial charge in [0, 0.05) is 62.5 Å². The molecule has 8 heteroatoms. The summed E-state index contributed by atoms with van der Waals surface area (Å²) in [5, 5.41) is 11.1. The van der Waals surface area contributed by atoms with Crippen LogP contribution in [0.4, 0.5) is 5.69 Å². The van der Waals surface area contributed by atoms with E-state index in [2.05, 4.69) is 9.80 Å². The molecular weight excluding hydrogens is 374 g/mol. The zero-order valence-electron chi connectivity index (χ0n) is 17.1. The van der Waals surface area contributed by atoms with Gasteiger partial charge >= 0.3 is 0 Å². The van der Waals surface area contributed by atoms with E-state index in [9.17, 15) is 10.1 Å². The van der Waals surface area contributed by atoms with Crippen LogP contribution < -0.4 is 14.2 Å². The van der Waals surface area contributed by atoms with E-state index in [4.69, 9.17) is 14.2 Å². The van der Waals surface area contributed by atoms with Crippen LogP contribution in [-0.2, 0) is 13.1 Å². The van der Waals surface area contributed by atoms with E-state index in [1.165, 1.54) is 6.07 Å². The van der Waals surface area contributed by atoms with Crippen molar-refractivity contribution < 1.29 is 19.1 Å². The van der Waals surface area contributed by atoms with Gasteiger partial charge in [0.25, 0.3) is 5.69 Å². The topological polar surface area (TPSA) is 77.3 Å². The minimum Gasteiger partial charge on any atom is -0.497 e. The Bertz CT molecular complexity index is 850. The van der Waals surface area contributed by atoms with E-state index >= 15 is 0 Å². The molecule has 156 valence electrons. The van der Waals surface area contributed by atoms with Crippen molar-refractivity contribution in [3.05, 3.63) is 57.6 Å². The van der Waals surface area contributed by atoms with E-state index in [0.29, 0.717) is 12.3 Å². The third-order valence-corrected chi connectivity index (χ3v) is 5.22. The molecule has 1 heterocycles. The van der Waals surface area contributed by atoms with Crippen LogP contribution in [-0.4, -0.2) is 62.2 Å². The van der Waals surface area contributed by atoms with Crippen LogP contribution in [0.3, 0.4) is 0 Å². The van der Waals surface area contributed by atoms with Gasteiger partial charge in [-0.25, -0.2) is 0 Å². The van der Waals surface area contributed by atoms with Crippen molar-refractivity contribution in [1.82, 2.24) is 9.80 Å². The normalized spacial score (nSPS) is 15.1. The van der Waals surface area contributed by atoms with Crippen LogP contribution in [0.5, 0.6) is 17.2 Å². The molecule has 0 amide bonds. The van der Waals surface area contributed by atoms with E-state index in [1.807, 2.05) is 18.2 Å². The first-order chi connectivity index (χ1) is 14.0. The molecular formula is C21H27N3O5. The van der Waals surface area contributed by atoms with Gasteiger partial charge in [-0.15, -0.1) is 0 Å².